The summed E-state index contributed by atoms with van der Waals surface area (Å²) in [6, 6.07) is 16.9. The van der Waals surface area contributed by atoms with Crippen LogP contribution in [0.3, 0.4) is 0 Å². The highest BCUT2D eigenvalue weighted by Crippen LogP contribution is 2.26. The van der Waals surface area contributed by atoms with Gasteiger partial charge in [-0.25, -0.2) is 4.39 Å². The zero-order valence-electron chi connectivity index (χ0n) is 17.3. The summed E-state index contributed by atoms with van der Waals surface area (Å²) in [7, 11) is 0. The Morgan fingerprint density at radius 3 is 2.37 bits per heavy atom. The Kier molecular flexibility index (Phi) is 6.46. The fourth-order valence-corrected chi connectivity index (χ4v) is 4.63. The van der Waals surface area contributed by atoms with Crippen molar-refractivity contribution in [2.75, 3.05) is 26.2 Å². The highest BCUT2D eigenvalue weighted by atomic mass is 19.1. The van der Waals surface area contributed by atoms with E-state index in [1.807, 2.05) is 11.0 Å². The first kappa shape index (κ1) is 20.6. The van der Waals surface area contributed by atoms with Crippen molar-refractivity contribution in [3.05, 3.63) is 71.5 Å². The van der Waals surface area contributed by atoms with Crippen LogP contribution in [0.1, 0.15) is 30.4 Å². The molecule has 2 heterocycles. The predicted molar refractivity (Wildman–Crippen MR) is 114 cm³/mol. The third-order valence-corrected chi connectivity index (χ3v) is 6.44. The molecule has 2 aliphatic heterocycles. The zero-order valence-corrected chi connectivity index (χ0v) is 17.3. The van der Waals surface area contributed by atoms with E-state index in [4.69, 9.17) is 0 Å². The predicted octanol–water partition coefficient (Wildman–Crippen LogP) is 3.70. The molecule has 1 atom stereocenters. The molecule has 30 heavy (non-hydrogen) atoms. The van der Waals surface area contributed by atoms with Gasteiger partial charge in [0, 0.05) is 32.6 Å². The Hall–Kier alpha value is -2.69. The van der Waals surface area contributed by atoms with E-state index in [1.54, 1.807) is 17.0 Å². The van der Waals surface area contributed by atoms with Gasteiger partial charge in [0.2, 0.25) is 11.8 Å². The number of rotatable bonds is 6. The van der Waals surface area contributed by atoms with Gasteiger partial charge in [-0.15, -0.1) is 0 Å². The number of nitrogens with zero attached hydrogens (tertiary/aromatic N) is 2. The molecule has 2 fully saturated rings. The highest BCUT2D eigenvalue weighted by molar-refractivity contribution is 5.89. The lowest BCUT2D eigenvalue weighted by Gasteiger charge is -2.33. The summed E-state index contributed by atoms with van der Waals surface area (Å²) < 4.78 is 13.0. The standard InChI is InChI=1S/C25H29FN2O2/c26-23-8-6-19(7-9-23)10-15-28-18-22(17-24(28)29)25(30)27-13-11-21(12-14-27)16-20-4-2-1-3-5-20/h1-9,21-22H,10-18H2/t22-/m1/s1. The fourth-order valence-electron chi connectivity index (χ4n) is 4.63. The molecule has 0 spiro atoms. The Balaban J connectivity index is 1.24. The smallest absolute Gasteiger partial charge is 0.227 e. The van der Waals surface area contributed by atoms with E-state index in [1.165, 1.54) is 17.7 Å². The summed E-state index contributed by atoms with van der Waals surface area (Å²) in [5.74, 6) is 0.319. The summed E-state index contributed by atoms with van der Waals surface area (Å²) in [4.78, 5) is 29.1. The van der Waals surface area contributed by atoms with Gasteiger partial charge >= 0.3 is 0 Å². The first-order valence-corrected chi connectivity index (χ1v) is 10.9. The van der Waals surface area contributed by atoms with E-state index in [2.05, 4.69) is 24.3 Å². The van der Waals surface area contributed by atoms with Gasteiger partial charge in [0.25, 0.3) is 0 Å². The summed E-state index contributed by atoms with van der Waals surface area (Å²) in [5, 5.41) is 0. The van der Waals surface area contributed by atoms with Gasteiger partial charge in [-0.05, 0) is 54.9 Å². The number of amides is 2. The van der Waals surface area contributed by atoms with E-state index in [9.17, 15) is 14.0 Å². The number of carbonyl (C=O) groups excluding carboxylic acids is 2. The SMILES string of the molecule is O=C1C[C@@H](C(=O)N2CCC(Cc3ccccc3)CC2)CN1CCc1ccc(F)cc1. The second kappa shape index (κ2) is 9.41. The molecule has 0 bridgehead atoms. The molecule has 0 unspecified atom stereocenters. The molecule has 0 aromatic heterocycles. The van der Waals surface area contributed by atoms with Crippen LogP contribution in [-0.2, 0) is 22.4 Å². The lowest BCUT2D eigenvalue weighted by atomic mass is 9.89. The minimum Gasteiger partial charge on any atom is -0.342 e. The van der Waals surface area contributed by atoms with E-state index >= 15 is 0 Å². The molecule has 2 aliphatic rings. The minimum absolute atomic E-state index is 0.0504. The molecule has 0 N–H and O–H groups in total. The molecule has 158 valence electrons. The minimum atomic E-state index is -0.255. The molecule has 2 aromatic carbocycles. The van der Waals surface area contributed by atoms with Crippen molar-refractivity contribution >= 4 is 11.8 Å². The van der Waals surface area contributed by atoms with Gasteiger partial charge in [-0.3, -0.25) is 9.59 Å². The zero-order chi connectivity index (χ0) is 20.9. The van der Waals surface area contributed by atoms with E-state index < -0.39 is 0 Å². The molecule has 2 aromatic rings. The van der Waals surface area contributed by atoms with Gasteiger partial charge < -0.3 is 9.80 Å². The van der Waals surface area contributed by atoms with Crippen LogP contribution in [0, 0.1) is 17.7 Å². The largest absolute Gasteiger partial charge is 0.342 e. The molecule has 2 saturated heterocycles. The topological polar surface area (TPSA) is 40.6 Å². The van der Waals surface area contributed by atoms with Crippen molar-refractivity contribution in [3.8, 4) is 0 Å². The number of piperidine rings is 1. The maximum atomic E-state index is 13.0. The number of halogens is 1. The van der Waals surface area contributed by atoms with Crippen molar-refractivity contribution in [2.45, 2.75) is 32.1 Å². The molecule has 0 aliphatic carbocycles. The van der Waals surface area contributed by atoms with Crippen molar-refractivity contribution in [1.82, 2.24) is 9.80 Å². The average Bonchev–Trinajstić information content (AvgIpc) is 3.15. The van der Waals surface area contributed by atoms with Gasteiger partial charge in [-0.2, -0.15) is 0 Å². The Morgan fingerprint density at radius 2 is 1.67 bits per heavy atom. The number of likely N-dealkylation sites (tertiary alicyclic amines) is 2. The van der Waals surface area contributed by atoms with Crippen molar-refractivity contribution in [2.24, 2.45) is 11.8 Å². The molecular weight excluding hydrogens is 379 g/mol. The van der Waals surface area contributed by atoms with Crippen LogP contribution in [0.4, 0.5) is 4.39 Å². The van der Waals surface area contributed by atoms with Crippen molar-refractivity contribution in [1.29, 1.82) is 0 Å². The molecule has 4 rings (SSSR count). The first-order valence-electron chi connectivity index (χ1n) is 10.9. The average molecular weight is 409 g/mol. The quantitative estimate of drug-likeness (QED) is 0.731. The Labute approximate surface area is 177 Å². The molecule has 0 radical (unpaired) electrons. The Morgan fingerprint density at radius 1 is 0.967 bits per heavy atom. The van der Waals surface area contributed by atoms with Gasteiger partial charge in [0.1, 0.15) is 5.82 Å². The van der Waals surface area contributed by atoms with Crippen LogP contribution in [-0.4, -0.2) is 47.8 Å². The Bertz CT molecular complexity index is 860. The maximum Gasteiger partial charge on any atom is 0.227 e. The molecule has 4 nitrogen and oxygen atoms in total. The van der Waals surface area contributed by atoms with Gasteiger partial charge in [-0.1, -0.05) is 42.5 Å². The summed E-state index contributed by atoms with van der Waals surface area (Å²) in [6.07, 6.45) is 4.11. The summed E-state index contributed by atoms with van der Waals surface area (Å²) in [6.45, 7) is 2.66. The van der Waals surface area contributed by atoms with Crippen molar-refractivity contribution < 1.29 is 14.0 Å². The van der Waals surface area contributed by atoms with E-state index in [-0.39, 0.29) is 23.5 Å². The number of hydrogen-bond acceptors (Lipinski definition) is 2. The van der Waals surface area contributed by atoms with Crippen LogP contribution in [0.5, 0.6) is 0 Å². The van der Waals surface area contributed by atoms with Crippen molar-refractivity contribution in [3.63, 3.8) is 0 Å². The summed E-state index contributed by atoms with van der Waals surface area (Å²) in [5.41, 5.74) is 2.36. The first-order chi connectivity index (χ1) is 14.6. The lowest BCUT2D eigenvalue weighted by molar-refractivity contribution is -0.137. The maximum absolute atomic E-state index is 13.0. The number of hydrogen-bond donors (Lipinski definition) is 0. The molecule has 0 saturated carbocycles. The highest BCUT2D eigenvalue weighted by Gasteiger charge is 2.37. The van der Waals surface area contributed by atoms with Crippen LogP contribution in [0.2, 0.25) is 0 Å². The van der Waals surface area contributed by atoms with Crippen LogP contribution in [0.25, 0.3) is 0 Å². The second-order valence-corrected chi connectivity index (χ2v) is 8.58. The van der Waals surface area contributed by atoms with Gasteiger partial charge in [0.15, 0.2) is 0 Å². The normalized spacial score (nSPS) is 20.0. The second-order valence-electron chi connectivity index (χ2n) is 8.58. The molecular formula is C25H29FN2O2. The van der Waals surface area contributed by atoms with E-state index in [0.717, 1.165) is 37.9 Å². The summed E-state index contributed by atoms with van der Waals surface area (Å²) >= 11 is 0. The fraction of sp³-hybridized carbons (Fsp3) is 0.440. The van der Waals surface area contributed by atoms with Crippen LogP contribution < -0.4 is 0 Å². The molecule has 2 amide bonds. The molecule has 5 heteroatoms. The third kappa shape index (κ3) is 5.07. The number of benzene rings is 2. The monoisotopic (exact) mass is 408 g/mol. The van der Waals surface area contributed by atoms with E-state index in [0.29, 0.717) is 31.8 Å². The van der Waals surface area contributed by atoms with Crippen LogP contribution in [0.15, 0.2) is 54.6 Å². The van der Waals surface area contributed by atoms with Gasteiger partial charge in [0.05, 0.1) is 5.92 Å². The van der Waals surface area contributed by atoms with Crippen LogP contribution >= 0.6 is 0 Å². The number of carbonyl (C=O) groups is 2. The third-order valence-electron chi connectivity index (χ3n) is 6.44. The lowest BCUT2D eigenvalue weighted by Crippen LogP contribution is -2.42.